The van der Waals surface area contributed by atoms with E-state index in [0.29, 0.717) is 0 Å². The first-order chi connectivity index (χ1) is 2.64. The van der Waals surface area contributed by atoms with E-state index >= 15 is 0 Å². The van der Waals surface area contributed by atoms with Crippen LogP contribution in [0.25, 0.3) is 0 Å². The van der Waals surface area contributed by atoms with Gasteiger partial charge in [-0.2, -0.15) is 0 Å². The van der Waals surface area contributed by atoms with Gasteiger partial charge in [-0.1, -0.05) is 0 Å². The molecule has 0 spiro atoms. The third kappa shape index (κ3) is 6.03. The van der Waals surface area contributed by atoms with Gasteiger partial charge in [-0.25, -0.2) is 0 Å². The molecule has 0 heterocycles. The number of hydrogen-bond donors (Lipinski definition) is 2. The summed E-state index contributed by atoms with van der Waals surface area (Å²) in [6.07, 6.45) is 0. The van der Waals surface area contributed by atoms with Crippen LogP contribution >= 0.6 is 0 Å². The van der Waals surface area contributed by atoms with Crippen LogP contribution in [0, 0.1) is 0 Å². The summed E-state index contributed by atoms with van der Waals surface area (Å²) < 4.78 is 0. The van der Waals surface area contributed by atoms with Gasteiger partial charge in [0.15, 0.2) is 0 Å². The van der Waals surface area contributed by atoms with Crippen molar-refractivity contribution in [2.24, 2.45) is 5.73 Å². The smallest absolute Gasteiger partial charge is 1.00 e. The van der Waals surface area contributed by atoms with E-state index in [1.54, 1.807) is 0 Å². The number of carboxylic acids is 1. The van der Waals surface area contributed by atoms with E-state index in [4.69, 9.17) is 10.8 Å². The van der Waals surface area contributed by atoms with E-state index in [1.165, 1.54) is 6.92 Å². The molecule has 0 aliphatic carbocycles. The van der Waals surface area contributed by atoms with Crippen molar-refractivity contribution in [2.75, 3.05) is 0 Å². The molecule has 0 saturated heterocycles. The molecule has 0 rings (SSSR count). The minimum atomic E-state index is -0.963. The summed E-state index contributed by atoms with van der Waals surface area (Å²) in [4.78, 5) is 9.57. The topological polar surface area (TPSA) is 63.3 Å². The van der Waals surface area contributed by atoms with Crippen LogP contribution in [0.1, 0.15) is 8.35 Å². The van der Waals surface area contributed by atoms with Gasteiger partial charge in [0, 0.05) is 0 Å². The molecule has 3 N–H and O–H groups in total. The van der Waals surface area contributed by atoms with E-state index in [2.05, 4.69) is 0 Å². The minimum absolute atomic E-state index is 0. The van der Waals surface area contributed by atoms with Crippen LogP contribution in [0.3, 0.4) is 0 Å². The first-order valence-corrected chi connectivity index (χ1v) is 1.63. The standard InChI is InChI=1S/C3H7NO2.Li.H/c1-2(4)3(5)6;;/h2H,4H2,1H3,(H,5,6);;/q;+1;-1/t2-;;/m0../s1. The molecule has 0 saturated carbocycles. The normalized spacial score (nSPS) is 11.7. The Morgan fingerprint density at radius 3 is 2.14 bits per heavy atom. The predicted octanol–water partition coefficient (Wildman–Crippen LogP) is -3.47. The van der Waals surface area contributed by atoms with Crippen molar-refractivity contribution in [3.63, 3.8) is 0 Å². The second-order valence-corrected chi connectivity index (χ2v) is 1.13. The van der Waals surface area contributed by atoms with Crippen molar-refractivity contribution < 1.29 is 30.2 Å². The Kier molecular flexibility index (Phi) is 6.05. The van der Waals surface area contributed by atoms with Gasteiger partial charge in [0.05, 0.1) is 0 Å². The summed E-state index contributed by atoms with van der Waals surface area (Å²) in [5, 5.41) is 7.87. The molecule has 38 valence electrons. The molecule has 7 heavy (non-hydrogen) atoms. The van der Waals surface area contributed by atoms with E-state index in [9.17, 15) is 4.79 Å². The van der Waals surface area contributed by atoms with Crippen molar-refractivity contribution in [1.82, 2.24) is 0 Å². The molecule has 0 aliphatic rings. The molecule has 0 bridgehead atoms. The summed E-state index contributed by atoms with van der Waals surface area (Å²) in [5.74, 6) is -0.963. The Morgan fingerprint density at radius 1 is 2.00 bits per heavy atom. The van der Waals surface area contributed by atoms with E-state index < -0.39 is 12.0 Å². The Balaban J connectivity index is -0.000000125. The van der Waals surface area contributed by atoms with Gasteiger partial charge in [0.1, 0.15) is 6.04 Å². The van der Waals surface area contributed by atoms with Crippen LogP contribution in [0.5, 0.6) is 0 Å². The quantitative estimate of drug-likeness (QED) is 0.334. The zero-order valence-electron chi connectivity index (χ0n) is 5.51. The first-order valence-electron chi connectivity index (χ1n) is 1.63. The summed E-state index contributed by atoms with van der Waals surface area (Å²) in [6, 6.07) is -0.731. The minimum Gasteiger partial charge on any atom is -1.00 e. The van der Waals surface area contributed by atoms with Gasteiger partial charge in [-0.15, -0.1) is 0 Å². The van der Waals surface area contributed by atoms with Crippen molar-refractivity contribution in [2.45, 2.75) is 13.0 Å². The van der Waals surface area contributed by atoms with Gasteiger partial charge in [0.25, 0.3) is 0 Å². The molecule has 0 amide bonds. The van der Waals surface area contributed by atoms with Crippen LogP contribution in [0.15, 0.2) is 0 Å². The third-order valence-corrected chi connectivity index (χ3v) is 0.390. The Morgan fingerprint density at radius 2 is 2.14 bits per heavy atom. The second-order valence-electron chi connectivity index (χ2n) is 1.13. The Labute approximate surface area is 55.5 Å². The SMILES string of the molecule is C[C@H](N)C(=O)O.[H-].[Li+]. The van der Waals surface area contributed by atoms with Crippen molar-refractivity contribution in [3.05, 3.63) is 0 Å². The molecule has 0 fully saturated rings. The molecular formula is C3H8LiNO2. The van der Waals surface area contributed by atoms with Crippen LogP contribution in [0.4, 0.5) is 0 Å². The number of carboxylic acid groups (broad SMARTS) is 1. The van der Waals surface area contributed by atoms with Gasteiger partial charge in [-0.05, 0) is 6.92 Å². The monoisotopic (exact) mass is 97.1 g/mol. The zero-order chi connectivity index (χ0) is 5.15. The van der Waals surface area contributed by atoms with E-state index in [-0.39, 0.29) is 20.3 Å². The largest absolute Gasteiger partial charge is 1.00 e. The molecule has 0 aliphatic heterocycles. The molecule has 0 unspecified atom stereocenters. The molecule has 0 aromatic heterocycles. The fourth-order valence-corrected chi connectivity index (χ4v) is 0. The second kappa shape index (κ2) is 4.19. The summed E-state index contributed by atoms with van der Waals surface area (Å²) in [6.45, 7) is 1.42. The summed E-state index contributed by atoms with van der Waals surface area (Å²) >= 11 is 0. The number of hydrogen-bond acceptors (Lipinski definition) is 2. The van der Waals surface area contributed by atoms with E-state index in [0.717, 1.165) is 0 Å². The van der Waals surface area contributed by atoms with Gasteiger partial charge in [0.2, 0.25) is 0 Å². The van der Waals surface area contributed by atoms with Crippen LogP contribution in [-0.2, 0) is 4.79 Å². The predicted molar refractivity (Wildman–Crippen MR) is 22.4 cm³/mol. The van der Waals surface area contributed by atoms with Gasteiger partial charge >= 0.3 is 24.8 Å². The van der Waals surface area contributed by atoms with Crippen molar-refractivity contribution in [1.29, 1.82) is 0 Å². The summed E-state index contributed by atoms with van der Waals surface area (Å²) in [7, 11) is 0. The average Bonchev–Trinajstić information content (AvgIpc) is 1.36. The van der Waals surface area contributed by atoms with Crippen molar-refractivity contribution >= 4 is 5.97 Å². The van der Waals surface area contributed by atoms with Gasteiger partial charge in [-0.3, -0.25) is 4.79 Å². The van der Waals surface area contributed by atoms with Crippen LogP contribution in [0.2, 0.25) is 0 Å². The maximum absolute atomic E-state index is 9.57. The average molecular weight is 97.0 g/mol. The van der Waals surface area contributed by atoms with Crippen LogP contribution < -0.4 is 24.6 Å². The maximum Gasteiger partial charge on any atom is 1.00 e. The molecule has 0 aromatic rings. The van der Waals surface area contributed by atoms with Gasteiger partial charge < -0.3 is 12.3 Å². The number of rotatable bonds is 1. The van der Waals surface area contributed by atoms with E-state index in [1.807, 2.05) is 0 Å². The first kappa shape index (κ1) is 10.1. The molecule has 3 nitrogen and oxygen atoms in total. The van der Waals surface area contributed by atoms with Crippen LogP contribution in [-0.4, -0.2) is 17.1 Å². The number of carbonyl (C=O) groups is 1. The third-order valence-electron chi connectivity index (χ3n) is 0.390. The maximum atomic E-state index is 9.57. The summed E-state index contributed by atoms with van der Waals surface area (Å²) in [5.41, 5.74) is 4.84. The molecule has 4 heteroatoms. The fraction of sp³-hybridized carbons (Fsp3) is 0.667. The zero-order valence-corrected chi connectivity index (χ0v) is 4.51. The number of aliphatic carboxylic acids is 1. The molecule has 0 radical (unpaired) electrons. The molecule has 0 aromatic carbocycles. The number of nitrogens with two attached hydrogens (primary N) is 1. The van der Waals surface area contributed by atoms with Crippen molar-refractivity contribution in [3.8, 4) is 0 Å². The molecule has 1 atom stereocenters. The molecular weight excluding hydrogens is 89.0 g/mol. The Bertz CT molecular complexity index is 68.3. The fourth-order valence-electron chi connectivity index (χ4n) is 0. The Hall–Kier alpha value is 0.0274.